The molecule has 0 aliphatic heterocycles. The fraction of sp³-hybridized carbons (Fsp3) is 0.562. The molecule has 0 aliphatic carbocycles. The van der Waals surface area contributed by atoms with Gasteiger partial charge >= 0.3 is 0 Å². The van der Waals surface area contributed by atoms with Gasteiger partial charge in [0.05, 0.1) is 12.1 Å². The van der Waals surface area contributed by atoms with Gasteiger partial charge in [-0.25, -0.2) is 4.39 Å². The highest BCUT2D eigenvalue weighted by atomic mass is 19.1. The van der Waals surface area contributed by atoms with Crippen LogP contribution >= 0.6 is 0 Å². The highest BCUT2D eigenvalue weighted by molar-refractivity contribution is 5.82. The van der Waals surface area contributed by atoms with E-state index in [1.165, 1.54) is 12.1 Å². The molecule has 1 aromatic rings. The first-order valence-corrected chi connectivity index (χ1v) is 7.18. The number of amides is 1. The van der Waals surface area contributed by atoms with Gasteiger partial charge in [0.2, 0.25) is 5.91 Å². The number of benzene rings is 1. The molecule has 20 heavy (non-hydrogen) atoms. The Hall–Kier alpha value is -1.42. The van der Waals surface area contributed by atoms with E-state index in [2.05, 4.69) is 5.32 Å². The Morgan fingerprint density at radius 2 is 1.80 bits per heavy atom. The van der Waals surface area contributed by atoms with E-state index in [0.29, 0.717) is 0 Å². The van der Waals surface area contributed by atoms with E-state index in [9.17, 15) is 9.18 Å². The molecule has 3 N–H and O–H groups in total. The number of rotatable bonds is 6. The molecule has 1 aromatic carbocycles. The van der Waals surface area contributed by atoms with Crippen molar-refractivity contribution in [3.8, 4) is 0 Å². The minimum absolute atomic E-state index is 0.135. The molecule has 2 unspecified atom stereocenters. The number of halogens is 1. The van der Waals surface area contributed by atoms with Gasteiger partial charge in [-0.05, 0) is 29.5 Å². The normalized spacial score (nSPS) is 15.8. The fourth-order valence-electron chi connectivity index (χ4n) is 2.07. The van der Waals surface area contributed by atoms with Crippen molar-refractivity contribution >= 4 is 5.91 Å². The molecule has 1 amide bonds. The van der Waals surface area contributed by atoms with Crippen LogP contribution in [0.4, 0.5) is 4.39 Å². The Labute approximate surface area is 120 Å². The van der Waals surface area contributed by atoms with E-state index in [1.54, 1.807) is 12.1 Å². The molecule has 0 spiro atoms. The van der Waals surface area contributed by atoms with Crippen LogP contribution in [0, 0.1) is 17.7 Å². The highest BCUT2D eigenvalue weighted by Crippen LogP contribution is 2.22. The predicted octanol–water partition coefficient (Wildman–Crippen LogP) is 3.01. The van der Waals surface area contributed by atoms with Crippen LogP contribution in [-0.4, -0.2) is 11.9 Å². The van der Waals surface area contributed by atoms with Gasteiger partial charge in [-0.3, -0.25) is 4.79 Å². The number of hydrogen-bond acceptors (Lipinski definition) is 2. The second kappa shape index (κ2) is 7.39. The number of hydrogen-bond donors (Lipinski definition) is 2. The van der Waals surface area contributed by atoms with Crippen molar-refractivity contribution in [2.24, 2.45) is 17.6 Å². The third-order valence-corrected chi connectivity index (χ3v) is 3.75. The lowest BCUT2D eigenvalue weighted by Gasteiger charge is -2.26. The van der Waals surface area contributed by atoms with Gasteiger partial charge in [0, 0.05) is 0 Å². The molecule has 4 heteroatoms. The Kier molecular flexibility index (Phi) is 6.14. The molecule has 3 atom stereocenters. The average molecular weight is 280 g/mol. The molecular weight excluding hydrogens is 255 g/mol. The van der Waals surface area contributed by atoms with Crippen molar-refractivity contribution in [3.63, 3.8) is 0 Å². The van der Waals surface area contributed by atoms with Gasteiger partial charge in [-0.2, -0.15) is 0 Å². The molecule has 3 nitrogen and oxygen atoms in total. The molecular formula is C16H25FN2O. The standard InChI is InChI=1S/C16H25FN2O/c1-5-11(4)14(18)16(20)19-15(10(2)3)12-6-8-13(17)9-7-12/h6-11,14-15H,5,18H2,1-4H3,(H,19,20)/t11?,14-,15?/m0/s1. The minimum Gasteiger partial charge on any atom is -0.348 e. The van der Waals surface area contributed by atoms with Crippen LogP contribution in [0.25, 0.3) is 0 Å². The van der Waals surface area contributed by atoms with Crippen LogP contribution < -0.4 is 11.1 Å². The number of nitrogens with one attached hydrogen (secondary N) is 1. The first kappa shape index (κ1) is 16.6. The Balaban J connectivity index is 2.83. The summed E-state index contributed by atoms with van der Waals surface area (Å²) in [6.45, 7) is 8.01. The molecule has 1 rings (SSSR count). The van der Waals surface area contributed by atoms with E-state index in [-0.39, 0.29) is 29.6 Å². The lowest BCUT2D eigenvalue weighted by atomic mass is 9.94. The van der Waals surface area contributed by atoms with Crippen molar-refractivity contribution in [1.82, 2.24) is 5.32 Å². The molecule has 0 aliphatic rings. The van der Waals surface area contributed by atoms with Crippen molar-refractivity contribution in [1.29, 1.82) is 0 Å². The van der Waals surface area contributed by atoms with Gasteiger partial charge in [0.15, 0.2) is 0 Å². The highest BCUT2D eigenvalue weighted by Gasteiger charge is 2.24. The minimum atomic E-state index is -0.512. The van der Waals surface area contributed by atoms with Crippen LogP contribution in [0.2, 0.25) is 0 Å². The quantitative estimate of drug-likeness (QED) is 0.841. The summed E-state index contributed by atoms with van der Waals surface area (Å²) in [6.07, 6.45) is 0.859. The SMILES string of the molecule is CCC(C)[C@H](N)C(=O)NC(c1ccc(F)cc1)C(C)C. The van der Waals surface area contributed by atoms with Crippen LogP contribution in [0.5, 0.6) is 0 Å². The van der Waals surface area contributed by atoms with Crippen molar-refractivity contribution < 1.29 is 9.18 Å². The van der Waals surface area contributed by atoms with E-state index in [4.69, 9.17) is 5.73 Å². The molecule has 0 fully saturated rings. The molecule has 0 aromatic heterocycles. The van der Waals surface area contributed by atoms with Gasteiger partial charge in [-0.1, -0.05) is 46.2 Å². The molecule has 0 bridgehead atoms. The number of carbonyl (C=O) groups excluding carboxylic acids is 1. The summed E-state index contributed by atoms with van der Waals surface area (Å²) in [7, 11) is 0. The topological polar surface area (TPSA) is 55.1 Å². The van der Waals surface area contributed by atoms with Crippen LogP contribution in [0.1, 0.15) is 45.7 Å². The predicted molar refractivity (Wildman–Crippen MR) is 79.6 cm³/mol. The van der Waals surface area contributed by atoms with Crippen LogP contribution in [-0.2, 0) is 4.79 Å². The molecule has 0 saturated heterocycles. The van der Waals surface area contributed by atoms with E-state index < -0.39 is 6.04 Å². The zero-order chi connectivity index (χ0) is 15.3. The third kappa shape index (κ3) is 4.30. The summed E-state index contributed by atoms with van der Waals surface area (Å²) in [5.41, 5.74) is 6.84. The third-order valence-electron chi connectivity index (χ3n) is 3.75. The van der Waals surface area contributed by atoms with Gasteiger partial charge in [-0.15, -0.1) is 0 Å². The maximum absolute atomic E-state index is 13.0. The van der Waals surface area contributed by atoms with Gasteiger partial charge in [0.25, 0.3) is 0 Å². The van der Waals surface area contributed by atoms with Crippen molar-refractivity contribution in [3.05, 3.63) is 35.6 Å². The Morgan fingerprint density at radius 3 is 2.25 bits per heavy atom. The zero-order valence-corrected chi connectivity index (χ0v) is 12.7. The lowest BCUT2D eigenvalue weighted by molar-refractivity contribution is -0.124. The van der Waals surface area contributed by atoms with E-state index in [1.807, 2.05) is 27.7 Å². The number of nitrogens with two attached hydrogens (primary N) is 1. The summed E-state index contributed by atoms with van der Waals surface area (Å²) in [5.74, 6) is -0.0918. The largest absolute Gasteiger partial charge is 0.348 e. The Bertz CT molecular complexity index is 431. The average Bonchev–Trinajstić information content (AvgIpc) is 2.43. The maximum Gasteiger partial charge on any atom is 0.237 e. The van der Waals surface area contributed by atoms with Gasteiger partial charge < -0.3 is 11.1 Å². The van der Waals surface area contributed by atoms with Crippen LogP contribution in [0.3, 0.4) is 0 Å². The second-order valence-electron chi connectivity index (χ2n) is 5.69. The molecule has 0 heterocycles. The van der Waals surface area contributed by atoms with E-state index in [0.717, 1.165) is 12.0 Å². The smallest absolute Gasteiger partial charge is 0.237 e. The summed E-state index contributed by atoms with van der Waals surface area (Å²) in [6, 6.07) is 5.56. The molecule has 0 saturated carbocycles. The monoisotopic (exact) mass is 280 g/mol. The van der Waals surface area contributed by atoms with Crippen LogP contribution in [0.15, 0.2) is 24.3 Å². The first-order chi connectivity index (χ1) is 9.36. The maximum atomic E-state index is 13.0. The van der Waals surface area contributed by atoms with Gasteiger partial charge in [0.1, 0.15) is 5.82 Å². The number of carbonyl (C=O) groups is 1. The Morgan fingerprint density at radius 1 is 1.25 bits per heavy atom. The second-order valence-corrected chi connectivity index (χ2v) is 5.69. The molecule has 112 valence electrons. The summed E-state index contributed by atoms with van der Waals surface area (Å²) < 4.78 is 13.0. The molecule has 0 radical (unpaired) electrons. The summed E-state index contributed by atoms with van der Waals surface area (Å²) in [5, 5.41) is 2.98. The summed E-state index contributed by atoms with van der Waals surface area (Å²) in [4.78, 5) is 12.2. The zero-order valence-electron chi connectivity index (χ0n) is 12.7. The van der Waals surface area contributed by atoms with Crippen molar-refractivity contribution in [2.75, 3.05) is 0 Å². The first-order valence-electron chi connectivity index (χ1n) is 7.18. The van der Waals surface area contributed by atoms with E-state index >= 15 is 0 Å². The van der Waals surface area contributed by atoms with Crippen molar-refractivity contribution in [2.45, 2.75) is 46.2 Å². The summed E-state index contributed by atoms with van der Waals surface area (Å²) >= 11 is 0. The fourth-order valence-corrected chi connectivity index (χ4v) is 2.07. The lowest BCUT2D eigenvalue weighted by Crippen LogP contribution is -2.46.